The number of hydrogen-bond donors (Lipinski definition) is 1. The number of pyridine rings is 1. The number of anilines is 1. The molecule has 1 fully saturated rings. The van der Waals surface area contributed by atoms with Crippen molar-refractivity contribution in [3.63, 3.8) is 0 Å². The van der Waals surface area contributed by atoms with Crippen molar-refractivity contribution in [3.05, 3.63) is 23.6 Å². The lowest BCUT2D eigenvalue weighted by Crippen LogP contribution is -2.37. The van der Waals surface area contributed by atoms with Crippen LogP contribution in [0.2, 0.25) is 0 Å². The average Bonchev–Trinajstić information content (AvgIpc) is 2.37. The highest BCUT2D eigenvalue weighted by molar-refractivity contribution is 5.95. The summed E-state index contributed by atoms with van der Waals surface area (Å²) in [5, 5.41) is 2.65. The first-order chi connectivity index (χ1) is 9.17. The SMILES string of the molecule is CCN(CC1CCC1)C(=O)c1ccnc(NC)c1F. The Morgan fingerprint density at radius 1 is 1.58 bits per heavy atom. The van der Waals surface area contributed by atoms with E-state index in [0.29, 0.717) is 12.5 Å². The van der Waals surface area contributed by atoms with Crippen LogP contribution >= 0.6 is 0 Å². The Labute approximate surface area is 113 Å². The van der Waals surface area contributed by atoms with Gasteiger partial charge in [-0.05, 0) is 31.7 Å². The summed E-state index contributed by atoms with van der Waals surface area (Å²) in [6, 6.07) is 1.45. The van der Waals surface area contributed by atoms with E-state index in [9.17, 15) is 9.18 Å². The normalized spacial score (nSPS) is 14.9. The first-order valence-electron chi connectivity index (χ1n) is 6.78. The maximum Gasteiger partial charge on any atom is 0.257 e. The van der Waals surface area contributed by atoms with E-state index < -0.39 is 5.82 Å². The molecule has 1 saturated carbocycles. The zero-order chi connectivity index (χ0) is 13.8. The molecule has 1 aromatic heterocycles. The van der Waals surface area contributed by atoms with E-state index in [-0.39, 0.29) is 17.3 Å². The van der Waals surface area contributed by atoms with Gasteiger partial charge in [-0.3, -0.25) is 4.79 Å². The number of nitrogens with one attached hydrogen (secondary N) is 1. The highest BCUT2D eigenvalue weighted by Gasteiger charge is 2.25. The van der Waals surface area contributed by atoms with Crippen LogP contribution < -0.4 is 5.32 Å². The number of nitrogens with zero attached hydrogens (tertiary/aromatic N) is 2. The van der Waals surface area contributed by atoms with Crippen molar-refractivity contribution >= 4 is 11.7 Å². The van der Waals surface area contributed by atoms with E-state index in [1.54, 1.807) is 11.9 Å². The summed E-state index contributed by atoms with van der Waals surface area (Å²) >= 11 is 0. The summed E-state index contributed by atoms with van der Waals surface area (Å²) in [6.45, 7) is 3.26. The van der Waals surface area contributed by atoms with Gasteiger partial charge in [0.05, 0.1) is 5.56 Å². The Bertz CT molecular complexity index is 460. The van der Waals surface area contributed by atoms with Crippen molar-refractivity contribution in [2.24, 2.45) is 5.92 Å². The Balaban J connectivity index is 2.16. The first kappa shape index (κ1) is 13.8. The Kier molecular flexibility index (Phi) is 4.35. The molecule has 1 aliphatic rings. The first-order valence-corrected chi connectivity index (χ1v) is 6.78. The van der Waals surface area contributed by atoms with E-state index in [1.165, 1.54) is 31.5 Å². The maximum absolute atomic E-state index is 14.1. The molecule has 1 N–H and O–H groups in total. The Morgan fingerprint density at radius 3 is 2.84 bits per heavy atom. The number of aromatic nitrogens is 1. The minimum atomic E-state index is -0.568. The lowest BCUT2D eigenvalue weighted by atomic mass is 9.85. The van der Waals surface area contributed by atoms with Gasteiger partial charge in [-0.1, -0.05) is 6.42 Å². The summed E-state index contributed by atoms with van der Waals surface area (Å²) in [5.74, 6) is -0.115. The number of halogens is 1. The minimum absolute atomic E-state index is 0.0977. The van der Waals surface area contributed by atoms with Crippen LogP contribution in [-0.2, 0) is 0 Å². The molecule has 0 radical (unpaired) electrons. The van der Waals surface area contributed by atoms with E-state index >= 15 is 0 Å². The van der Waals surface area contributed by atoms with Crippen LogP contribution in [0.25, 0.3) is 0 Å². The summed E-state index contributed by atoms with van der Waals surface area (Å²) in [4.78, 5) is 18.0. The van der Waals surface area contributed by atoms with Gasteiger partial charge in [0.15, 0.2) is 11.6 Å². The molecule has 2 rings (SSSR count). The third-order valence-corrected chi connectivity index (χ3v) is 3.73. The van der Waals surface area contributed by atoms with Crippen LogP contribution in [0.1, 0.15) is 36.5 Å². The molecule has 0 unspecified atom stereocenters. The number of carbonyl (C=O) groups is 1. The average molecular weight is 265 g/mol. The molecule has 1 aliphatic carbocycles. The van der Waals surface area contributed by atoms with Crippen molar-refractivity contribution < 1.29 is 9.18 Å². The van der Waals surface area contributed by atoms with E-state index in [2.05, 4.69) is 10.3 Å². The molecule has 104 valence electrons. The van der Waals surface area contributed by atoms with Gasteiger partial charge in [0.1, 0.15) is 0 Å². The number of amides is 1. The van der Waals surface area contributed by atoms with Crippen molar-refractivity contribution in [1.82, 2.24) is 9.88 Å². The second-order valence-electron chi connectivity index (χ2n) is 4.91. The summed E-state index contributed by atoms with van der Waals surface area (Å²) in [6.07, 6.45) is 5.04. The van der Waals surface area contributed by atoms with Gasteiger partial charge in [0.2, 0.25) is 0 Å². The molecule has 5 heteroatoms. The second kappa shape index (κ2) is 5.99. The quantitative estimate of drug-likeness (QED) is 0.889. The number of rotatable bonds is 5. The van der Waals surface area contributed by atoms with Gasteiger partial charge in [0.25, 0.3) is 5.91 Å². The molecule has 0 spiro atoms. The zero-order valence-corrected chi connectivity index (χ0v) is 11.4. The molecule has 1 aromatic rings. The highest BCUT2D eigenvalue weighted by Crippen LogP contribution is 2.27. The fourth-order valence-electron chi connectivity index (χ4n) is 2.30. The second-order valence-corrected chi connectivity index (χ2v) is 4.91. The number of hydrogen-bond acceptors (Lipinski definition) is 3. The van der Waals surface area contributed by atoms with Crippen molar-refractivity contribution in [2.45, 2.75) is 26.2 Å². The van der Waals surface area contributed by atoms with Crippen LogP contribution in [-0.4, -0.2) is 35.9 Å². The molecule has 0 bridgehead atoms. The highest BCUT2D eigenvalue weighted by atomic mass is 19.1. The van der Waals surface area contributed by atoms with Gasteiger partial charge >= 0.3 is 0 Å². The predicted molar refractivity (Wildman–Crippen MR) is 72.7 cm³/mol. The van der Waals surface area contributed by atoms with Crippen LogP contribution in [0.15, 0.2) is 12.3 Å². The van der Waals surface area contributed by atoms with Crippen LogP contribution in [0.4, 0.5) is 10.2 Å². The predicted octanol–water partition coefficient (Wildman–Crippen LogP) is 2.52. The summed E-state index contributed by atoms with van der Waals surface area (Å²) in [5.41, 5.74) is 0.0977. The summed E-state index contributed by atoms with van der Waals surface area (Å²) < 4.78 is 14.1. The largest absolute Gasteiger partial charge is 0.371 e. The van der Waals surface area contributed by atoms with E-state index in [1.807, 2.05) is 6.92 Å². The molecule has 0 aromatic carbocycles. The van der Waals surface area contributed by atoms with E-state index in [0.717, 1.165) is 6.54 Å². The molecule has 1 heterocycles. The zero-order valence-electron chi connectivity index (χ0n) is 11.4. The fourth-order valence-corrected chi connectivity index (χ4v) is 2.30. The van der Waals surface area contributed by atoms with E-state index in [4.69, 9.17) is 0 Å². The molecule has 0 saturated heterocycles. The van der Waals surface area contributed by atoms with Gasteiger partial charge in [0, 0.05) is 26.3 Å². The molecular formula is C14H20FN3O. The number of carbonyl (C=O) groups excluding carboxylic acids is 1. The van der Waals surface area contributed by atoms with Crippen molar-refractivity contribution in [2.75, 3.05) is 25.5 Å². The monoisotopic (exact) mass is 265 g/mol. The molecule has 0 aliphatic heterocycles. The van der Waals surface area contributed by atoms with Gasteiger partial charge in [-0.2, -0.15) is 0 Å². The third kappa shape index (κ3) is 2.85. The molecule has 1 amide bonds. The molecular weight excluding hydrogens is 245 g/mol. The van der Waals surface area contributed by atoms with Crippen molar-refractivity contribution in [3.8, 4) is 0 Å². The smallest absolute Gasteiger partial charge is 0.257 e. The van der Waals surface area contributed by atoms with Crippen LogP contribution in [0, 0.1) is 11.7 Å². The topological polar surface area (TPSA) is 45.2 Å². The Morgan fingerprint density at radius 2 is 2.32 bits per heavy atom. The van der Waals surface area contributed by atoms with Crippen molar-refractivity contribution in [1.29, 1.82) is 0 Å². The summed E-state index contributed by atoms with van der Waals surface area (Å²) in [7, 11) is 1.59. The minimum Gasteiger partial charge on any atom is -0.371 e. The lowest BCUT2D eigenvalue weighted by molar-refractivity contribution is 0.0701. The van der Waals surface area contributed by atoms with Crippen LogP contribution in [0.3, 0.4) is 0 Å². The Hall–Kier alpha value is -1.65. The lowest BCUT2D eigenvalue weighted by Gasteiger charge is -2.32. The molecule has 19 heavy (non-hydrogen) atoms. The third-order valence-electron chi connectivity index (χ3n) is 3.73. The van der Waals surface area contributed by atoms with Gasteiger partial charge in [-0.25, -0.2) is 9.37 Å². The molecule has 4 nitrogen and oxygen atoms in total. The maximum atomic E-state index is 14.1. The molecule has 0 atom stereocenters. The van der Waals surface area contributed by atoms with Gasteiger partial charge < -0.3 is 10.2 Å². The van der Waals surface area contributed by atoms with Crippen LogP contribution in [0.5, 0.6) is 0 Å². The van der Waals surface area contributed by atoms with Gasteiger partial charge in [-0.15, -0.1) is 0 Å². The standard InChI is InChI=1S/C14H20FN3O/c1-3-18(9-10-5-4-6-10)14(19)11-7-8-17-13(16-2)12(11)15/h7-8,10H,3-6,9H2,1-2H3,(H,16,17). The fraction of sp³-hybridized carbons (Fsp3) is 0.571.